The zero-order chi connectivity index (χ0) is 21.7. The highest BCUT2D eigenvalue weighted by atomic mass is 32.2. The van der Waals surface area contributed by atoms with Crippen molar-refractivity contribution in [3.63, 3.8) is 0 Å². The van der Waals surface area contributed by atoms with Crippen LogP contribution in [0.2, 0.25) is 0 Å². The Bertz CT molecular complexity index is 1200. The van der Waals surface area contributed by atoms with Gasteiger partial charge in [0.05, 0.1) is 24.7 Å². The maximum absolute atomic E-state index is 12.2. The third-order valence-corrected chi connectivity index (χ3v) is 5.16. The van der Waals surface area contributed by atoms with Gasteiger partial charge in [-0.15, -0.1) is 5.10 Å². The lowest BCUT2D eigenvalue weighted by atomic mass is 10.2. The third-order valence-electron chi connectivity index (χ3n) is 4.01. The largest absolute Gasteiger partial charge is 0.493 e. The molecule has 0 saturated carbocycles. The third kappa shape index (κ3) is 4.84. The van der Waals surface area contributed by atoms with Crippen LogP contribution in [-0.4, -0.2) is 45.0 Å². The number of hydrogen-bond acceptors (Lipinski definition) is 8. The average molecular weight is 429 g/mol. The molecule has 0 aliphatic rings. The van der Waals surface area contributed by atoms with Crippen molar-refractivity contribution in [2.45, 2.75) is 4.90 Å². The van der Waals surface area contributed by atoms with Gasteiger partial charge < -0.3 is 13.9 Å². The summed E-state index contributed by atoms with van der Waals surface area (Å²) < 4.78 is 39.7. The van der Waals surface area contributed by atoms with Gasteiger partial charge in [-0.3, -0.25) is 10.1 Å². The molecule has 10 heteroatoms. The van der Waals surface area contributed by atoms with E-state index in [1.807, 2.05) is 0 Å². The fourth-order valence-electron chi connectivity index (χ4n) is 2.62. The van der Waals surface area contributed by atoms with E-state index in [1.54, 1.807) is 42.5 Å². The molecule has 0 atom stereocenters. The first-order valence-corrected chi connectivity index (χ1v) is 10.5. The van der Waals surface area contributed by atoms with Crippen LogP contribution in [0.25, 0.3) is 17.5 Å². The average Bonchev–Trinajstić information content (AvgIpc) is 3.19. The van der Waals surface area contributed by atoms with E-state index in [2.05, 4.69) is 15.5 Å². The van der Waals surface area contributed by atoms with E-state index in [4.69, 9.17) is 13.9 Å². The monoisotopic (exact) mass is 429 g/mol. The van der Waals surface area contributed by atoms with E-state index in [1.165, 1.54) is 26.4 Å². The Labute approximate surface area is 173 Å². The number of hydrogen-bond donors (Lipinski definition) is 1. The van der Waals surface area contributed by atoms with Crippen LogP contribution in [0.1, 0.15) is 5.56 Å². The second-order valence-electron chi connectivity index (χ2n) is 6.12. The summed E-state index contributed by atoms with van der Waals surface area (Å²) in [6.45, 7) is 0. The van der Waals surface area contributed by atoms with Crippen molar-refractivity contribution in [3.8, 4) is 23.0 Å². The highest BCUT2D eigenvalue weighted by molar-refractivity contribution is 7.90. The molecule has 1 amide bonds. The van der Waals surface area contributed by atoms with Crippen molar-refractivity contribution in [3.05, 3.63) is 54.1 Å². The van der Waals surface area contributed by atoms with E-state index in [0.29, 0.717) is 11.5 Å². The zero-order valence-corrected chi connectivity index (χ0v) is 17.3. The predicted molar refractivity (Wildman–Crippen MR) is 110 cm³/mol. The minimum Gasteiger partial charge on any atom is -0.493 e. The second kappa shape index (κ2) is 8.78. The van der Waals surface area contributed by atoms with Crippen molar-refractivity contribution < 1.29 is 27.1 Å². The van der Waals surface area contributed by atoms with Crippen LogP contribution in [0.3, 0.4) is 0 Å². The van der Waals surface area contributed by atoms with Crippen molar-refractivity contribution >= 4 is 27.8 Å². The molecule has 1 aromatic heterocycles. The lowest BCUT2D eigenvalue weighted by Gasteiger charge is -2.07. The minimum atomic E-state index is -3.49. The van der Waals surface area contributed by atoms with Gasteiger partial charge in [-0.2, -0.15) is 0 Å². The molecule has 0 aliphatic carbocycles. The molecule has 0 saturated heterocycles. The molecule has 2 aromatic carbocycles. The van der Waals surface area contributed by atoms with Crippen molar-refractivity contribution in [1.82, 2.24) is 10.2 Å². The van der Waals surface area contributed by atoms with E-state index in [-0.39, 0.29) is 22.4 Å². The number of methoxy groups -OCH3 is 2. The number of sulfone groups is 1. The molecule has 0 spiro atoms. The van der Waals surface area contributed by atoms with Gasteiger partial charge in [-0.1, -0.05) is 23.3 Å². The van der Waals surface area contributed by atoms with E-state index < -0.39 is 15.7 Å². The van der Waals surface area contributed by atoms with Gasteiger partial charge in [0.1, 0.15) is 0 Å². The number of nitrogens with one attached hydrogen (secondary N) is 1. The SMILES string of the molecule is COc1ccc(C=CC(=O)Nc2nnc(-c3ccccc3S(C)(=O)=O)o2)cc1OC. The second-order valence-corrected chi connectivity index (χ2v) is 8.10. The van der Waals surface area contributed by atoms with Crippen LogP contribution in [0.5, 0.6) is 11.5 Å². The maximum Gasteiger partial charge on any atom is 0.322 e. The quantitative estimate of drug-likeness (QED) is 0.569. The molecule has 0 bridgehead atoms. The predicted octanol–water partition coefficient (Wildman–Crippen LogP) is 2.81. The molecule has 30 heavy (non-hydrogen) atoms. The standard InChI is InChI=1S/C20H19N3O6S/c1-27-15-10-8-13(12-16(15)28-2)9-11-18(24)21-20-23-22-19(29-20)14-6-4-5-7-17(14)30(3,25)26/h4-12H,1-3H3,(H,21,23,24). The number of rotatable bonds is 7. The topological polar surface area (TPSA) is 121 Å². The summed E-state index contributed by atoms with van der Waals surface area (Å²) in [7, 11) is -0.435. The van der Waals surface area contributed by atoms with E-state index in [9.17, 15) is 13.2 Å². The fourth-order valence-corrected chi connectivity index (χ4v) is 3.51. The highest BCUT2D eigenvalue weighted by Crippen LogP contribution is 2.28. The molecule has 0 aliphatic heterocycles. The molecule has 0 radical (unpaired) electrons. The molecule has 156 valence electrons. The number of benzene rings is 2. The van der Waals surface area contributed by atoms with Gasteiger partial charge in [0.25, 0.3) is 11.8 Å². The number of carbonyl (C=O) groups excluding carboxylic acids is 1. The van der Waals surface area contributed by atoms with Gasteiger partial charge in [-0.25, -0.2) is 8.42 Å². The highest BCUT2D eigenvalue weighted by Gasteiger charge is 2.19. The Morgan fingerprint density at radius 1 is 1.07 bits per heavy atom. The molecular formula is C20H19N3O6S. The Kier molecular flexibility index (Phi) is 6.17. The first kappa shape index (κ1) is 21.1. The first-order chi connectivity index (χ1) is 14.3. The minimum absolute atomic E-state index is 0.0183. The zero-order valence-electron chi connectivity index (χ0n) is 16.4. The van der Waals surface area contributed by atoms with Crippen molar-refractivity contribution in [1.29, 1.82) is 0 Å². The van der Waals surface area contributed by atoms with Gasteiger partial charge in [0, 0.05) is 12.3 Å². The maximum atomic E-state index is 12.2. The molecule has 0 unspecified atom stereocenters. The van der Waals surface area contributed by atoms with Crippen LogP contribution in [-0.2, 0) is 14.6 Å². The lowest BCUT2D eigenvalue weighted by molar-refractivity contribution is -0.112. The van der Waals surface area contributed by atoms with Gasteiger partial charge in [-0.05, 0) is 35.9 Å². The molecular weight excluding hydrogens is 410 g/mol. The summed E-state index contributed by atoms with van der Waals surface area (Å²) in [4.78, 5) is 12.2. The van der Waals surface area contributed by atoms with Gasteiger partial charge >= 0.3 is 6.01 Å². The first-order valence-electron chi connectivity index (χ1n) is 8.66. The van der Waals surface area contributed by atoms with Crippen molar-refractivity contribution in [2.75, 3.05) is 25.8 Å². The normalized spacial score (nSPS) is 11.4. The number of nitrogens with zero attached hydrogens (tertiary/aromatic N) is 2. The Morgan fingerprint density at radius 3 is 2.50 bits per heavy atom. The summed E-state index contributed by atoms with van der Waals surface area (Å²) in [6, 6.07) is 11.3. The summed E-state index contributed by atoms with van der Waals surface area (Å²) >= 11 is 0. The Balaban J connectivity index is 1.74. The van der Waals surface area contributed by atoms with Gasteiger partial charge in [0.2, 0.25) is 0 Å². The molecule has 3 rings (SSSR count). The molecule has 1 N–H and O–H groups in total. The van der Waals surface area contributed by atoms with E-state index >= 15 is 0 Å². The Morgan fingerprint density at radius 2 is 1.80 bits per heavy atom. The van der Waals surface area contributed by atoms with Crippen LogP contribution in [0.4, 0.5) is 6.01 Å². The molecule has 3 aromatic rings. The van der Waals surface area contributed by atoms with Crippen LogP contribution in [0, 0.1) is 0 Å². The number of carbonyl (C=O) groups is 1. The smallest absolute Gasteiger partial charge is 0.322 e. The Hall–Kier alpha value is -3.66. The fraction of sp³-hybridized carbons (Fsp3) is 0.150. The summed E-state index contributed by atoms with van der Waals surface area (Å²) in [5, 5.41) is 10.0. The number of ether oxygens (including phenoxy) is 2. The van der Waals surface area contributed by atoms with Crippen LogP contribution in [0.15, 0.2) is 57.9 Å². The van der Waals surface area contributed by atoms with Crippen molar-refractivity contribution in [2.24, 2.45) is 0 Å². The summed E-state index contributed by atoms with van der Waals surface area (Å²) in [5.74, 6) is 0.588. The van der Waals surface area contributed by atoms with E-state index in [0.717, 1.165) is 11.8 Å². The van der Waals surface area contributed by atoms with Crippen LogP contribution >= 0.6 is 0 Å². The lowest BCUT2D eigenvalue weighted by Crippen LogP contribution is -2.07. The number of anilines is 1. The molecule has 9 nitrogen and oxygen atoms in total. The molecule has 1 heterocycles. The summed E-state index contributed by atoms with van der Waals surface area (Å²) in [5.41, 5.74) is 0.977. The number of amides is 1. The summed E-state index contributed by atoms with van der Waals surface area (Å²) in [6.07, 6.45) is 3.95. The molecule has 0 fully saturated rings. The number of aromatic nitrogens is 2. The van der Waals surface area contributed by atoms with Gasteiger partial charge in [0.15, 0.2) is 21.3 Å². The van der Waals surface area contributed by atoms with Crippen LogP contribution < -0.4 is 14.8 Å².